The Hall–Kier alpha value is -2.41. The van der Waals surface area contributed by atoms with Gasteiger partial charge in [0, 0.05) is 0 Å². The highest BCUT2D eigenvalue weighted by Gasteiger charge is 2.28. The van der Waals surface area contributed by atoms with Crippen molar-refractivity contribution in [2.45, 2.75) is 45.1 Å². The van der Waals surface area contributed by atoms with Crippen molar-refractivity contribution in [2.24, 2.45) is 11.8 Å². The highest BCUT2D eigenvalue weighted by molar-refractivity contribution is 5.80. The number of imidazole rings is 1. The van der Waals surface area contributed by atoms with E-state index in [4.69, 9.17) is 0 Å². The number of nitrogens with zero attached hydrogens (tertiary/aromatic N) is 2. The summed E-state index contributed by atoms with van der Waals surface area (Å²) in [6.45, 7) is 1.89. The number of nitrogens with one attached hydrogen (secondary N) is 2. The zero-order valence-electron chi connectivity index (χ0n) is 15.0. The van der Waals surface area contributed by atoms with Gasteiger partial charge in [0.2, 0.25) is 12.3 Å². The van der Waals surface area contributed by atoms with Crippen LogP contribution in [0.15, 0.2) is 24.3 Å². The molecule has 0 saturated heterocycles. The van der Waals surface area contributed by atoms with E-state index in [9.17, 15) is 14.8 Å². The summed E-state index contributed by atoms with van der Waals surface area (Å²) in [4.78, 5) is 31.3. The van der Waals surface area contributed by atoms with Gasteiger partial charge in [0.25, 0.3) is 0 Å². The van der Waals surface area contributed by atoms with E-state index in [1.807, 2.05) is 31.2 Å². The van der Waals surface area contributed by atoms with Crippen molar-refractivity contribution in [3.63, 3.8) is 0 Å². The van der Waals surface area contributed by atoms with Gasteiger partial charge in [-0.3, -0.25) is 14.8 Å². The lowest BCUT2D eigenvalue weighted by molar-refractivity contribution is -0.155. The molecule has 1 aliphatic rings. The molecule has 1 unspecified atom stereocenters. The van der Waals surface area contributed by atoms with Crippen LogP contribution in [0.3, 0.4) is 0 Å². The average molecular weight is 358 g/mol. The molecule has 7 nitrogen and oxygen atoms in total. The van der Waals surface area contributed by atoms with Crippen molar-refractivity contribution in [1.29, 1.82) is 0 Å². The summed E-state index contributed by atoms with van der Waals surface area (Å²) >= 11 is 0. The molecule has 0 aliphatic heterocycles. The molecule has 0 radical (unpaired) electrons. The van der Waals surface area contributed by atoms with Gasteiger partial charge in [0.15, 0.2) is 0 Å². The molecule has 2 aromatic rings. The molecular weight excluding hydrogens is 332 g/mol. The first kappa shape index (κ1) is 18.4. The largest absolute Gasteiger partial charge is 0.346 e. The molecular formula is C19H26N4O3. The number of hydrogen-bond donors (Lipinski definition) is 3. The van der Waals surface area contributed by atoms with Crippen LogP contribution in [-0.4, -0.2) is 39.1 Å². The molecule has 1 saturated carbocycles. The number of amides is 2. The first-order valence-corrected chi connectivity index (χ1v) is 9.22. The van der Waals surface area contributed by atoms with Crippen molar-refractivity contribution >= 4 is 23.4 Å². The monoisotopic (exact) mass is 358 g/mol. The molecule has 2 atom stereocenters. The van der Waals surface area contributed by atoms with Crippen LogP contribution in [0.4, 0.5) is 0 Å². The Kier molecular flexibility index (Phi) is 5.88. The molecule has 0 spiro atoms. The van der Waals surface area contributed by atoms with E-state index in [1.54, 1.807) is 0 Å². The molecule has 1 aromatic heterocycles. The fraction of sp³-hybridized carbons (Fsp3) is 0.526. The second kappa shape index (κ2) is 8.31. The minimum absolute atomic E-state index is 0.0126. The standard InChI is InChI=1S/C19H26N4O3/c1-13(18-21-16-8-4-5-9-17(16)22-18)20-19(25)15(11-23(26)12-24)10-14-6-2-3-7-14/h4-5,8-9,12-15,26H,2-3,6-7,10-11H2,1H3,(H,20,25)(H,21,22)/t13?,15-/m1/s1. The molecule has 1 heterocycles. The van der Waals surface area contributed by atoms with E-state index in [2.05, 4.69) is 15.3 Å². The topological polar surface area (TPSA) is 98.3 Å². The van der Waals surface area contributed by atoms with Crippen LogP contribution in [0.1, 0.15) is 50.9 Å². The third-order valence-electron chi connectivity index (χ3n) is 5.17. The van der Waals surface area contributed by atoms with Gasteiger partial charge in [-0.15, -0.1) is 0 Å². The maximum atomic E-state index is 12.8. The Balaban J connectivity index is 1.67. The quantitative estimate of drug-likeness (QED) is 0.384. The number of para-hydroxylation sites is 2. The number of carbonyl (C=O) groups is 2. The van der Waals surface area contributed by atoms with Crippen LogP contribution < -0.4 is 5.32 Å². The third-order valence-corrected chi connectivity index (χ3v) is 5.17. The van der Waals surface area contributed by atoms with Crippen LogP contribution >= 0.6 is 0 Å². The molecule has 1 aliphatic carbocycles. The normalized spacial score (nSPS) is 17.2. The Bertz CT molecular complexity index is 721. The Morgan fingerprint density at radius 2 is 2.15 bits per heavy atom. The van der Waals surface area contributed by atoms with Gasteiger partial charge >= 0.3 is 0 Å². The van der Waals surface area contributed by atoms with Crippen molar-refractivity contribution < 1.29 is 14.8 Å². The molecule has 140 valence electrons. The van der Waals surface area contributed by atoms with Crippen molar-refractivity contribution in [1.82, 2.24) is 20.3 Å². The summed E-state index contributed by atoms with van der Waals surface area (Å²) in [6, 6.07) is 7.42. The van der Waals surface area contributed by atoms with Crippen molar-refractivity contribution in [2.75, 3.05) is 6.54 Å². The van der Waals surface area contributed by atoms with Crippen LogP contribution in [0.5, 0.6) is 0 Å². The Labute approximate surface area is 152 Å². The number of H-pyrrole nitrogens is 1. The molecule has 1 aromatic carbocycles. The second-order valence-electron chi connectivity index (χ2n) is 7.18. The second-order valence-corrected chi connectivity index (χ2v) is 7.18. The summed E-state index contributed by atoms with van der Waals surface area (Å²) < 4.78 is 0. The summed E-state index contributed by atoms with van der Waals surface area (Å²) in [5.74, 6) is 0.577. The molecule has 3 N–H and O–H groups in total. The predicted octanol–water partition coefficient (Wildman–Crippen LogP) is 2.78. The number of benzene rings is 1. The van der Waals surface area contributed by atoms with Crippen LogP contribution in [0.25, 0.3) is 11.0 Å². The fourth-order valence-electron chi connectivity index (χ4n) is 3.76. The minimum Gasteiger partial charge on any atom is -0.346 e. The van der Waals surface area contributed by atoms with Gasteiger partial charge in [0.1, 0.15) is 5.82 Å². The minimum atomic E-state index is -0.430. The average Bonchev–Trinajstić information content (AvgIpc) is 3.30. The molecule has 7 heteroatoms. The molecule has 0 bridgehead atoms. The molecule has 1 fully saturated rings. The van der Waals surface area contributed by atoms with E-state index in [1.165, 1.54) is 12.8 Å². The predicted molar refractivity (Wildman–Crippen MR) is 97.3 cm³/mol. The summed E-state index contributed by atoms with van der Waals surface area (Å²) in [7, 11) is 0. The summed E-state index contributed by atoms with van der Waals surface area (Å²) in [6.07, 6.45) is 5.61. The van der Waals surface area contributed by atoms with E-state index >= 15 is 0 Å². The lowest BCUT2D eigenvalue weighted by Gasteiger charge is -2.23. The lowest BCUT2D eigenvalue weighted by atomic mass is 9.92. The van der Waals surface area contributed by atoms with E-state index in [-0.39, 0.29) is 18.5 Å². The lowest BCUT2D eigenvalue weighted by Crippen LogP contribution is -2.39. The summed E-state index contributed by atoms with van der Waals surface area (Å²) in [5.41, 5.74) is 1.78. The van der Waals surface area contributed by atoms with Gasteiger partial charge < -0.3 is 10.3 Å². The number of hydroxylamine groups is 2. The third kappa shape index (κ3) is 4.40. The number of carbonyl (C=O) groups excluding carboxylic acids is 2. The zero-order valence-corrected chi connectivity index (χ0v) is 15.0. The SMILES string of the molecule is CC(NC(=O)[C@H](CC1CCCC1)CN(O)C=O)c1nc2ccccc2[nH]1. The molecule has 2 amide bonds. The molecule has 3 rings (SSSR count). The first-order valence-electron chi connectivity index (χ1n) is 9.22. The van der Waals surface area contributed by atoms with Crippen LogP contribution in [0.2, 0.25) is 0 Å². The van der Waals surface area contributed by atoms with Crippen LogP contribution in [-0.2, 0) is 9.59 Å². The number of hydrogen-bond acceptors (Lipinski definition) is 4. The van der Waals surface area contributed by atoms with Gasteiger partial charge in [0.05, 0.1) is 29.5 Å². The van der Waals surface area contributed by atoms with Crippen LogP contribution in [0, 0.1) is 11.8 Å². The van der Waals surface area contributed by atoms with Gasteiger partial charge in [-0.05, 0) is 31.4 Å². The first-order chi connectivity index (χ1) is 12.6. The van der Waals surface area contributed by atoms with Crippen molar-refractivity contribution in [3.05, 3.63) is 30.1 Å². The fourth-order valence-corrected chi connectivity index (χ4v) is 3.76. The highest BCUT2D eigenvalue weighted by Crippen LogP contribution is 2.31. The maximum absolute atomic E-state index is 12.8. The number of aromatic amines is 1. The van der Waals surface area contributed by atoms with E-state index in [0.29, 0.717) is 29.6 Å². The number of aromatic nitrogens is 2. The number of fused-ring (bicyclic) bond motifs is 1. The van der Waals surface area contributed by atoms with Crippen molar-refractivity contribution in [3.8, 4) is 0 Å². The Morgan fingerprint density at radius 1 is 1.42 bits per heavy atom. The highest BCUT2D eigenvalue weighted by atomic mass is 16.5. The van der Waals surface area contributed by atoms with Gasteiger partial charge in [-0.25, -0.2) is 10.0 Å². The van der Waals surface area contributed by atoms with Gasteiger partial charge in [-0.2, -0.15) is 0 Å². The van der Waals surface area contributed by atoms with Gasteiger partial charge in [-0.1, -0.05) is 37.8 Å². The Morgan fingerprint density at radius 3 is 2.85 bits per heavy atom. The van der Waals surface area contributed by atoms with E-state index in [0.717, 1.165) is 23.9 Å². The maximum Gasteiger partial charge on any atom is 0.233 e. The van der Waals surface area contributed by atoms with E-state index < -0.39 is 5.92 Å². The molecule has 26 heavy (non-hydrogen) atoms. The summed E-state index contributed by atoms with van der Waals surface area (Å²) in [5, 5.41) is 13.1. The smallest absolute Gasteiger partial charge is 0.233 e. The zero-order chi connectivity index (χ0) is 18.5. The number of rotatable bonds is 8.